The van der Waals surface area contributed by atoms with E-state index < -0.39 is 0 Å². The molecule has 0 atom stereocenters. The summed E-state index contributed by atoms with van der Waals surface area (Å²) >= 11 is 0. The van der Waals surface area contributed by atoms with Crippen LogP contribution in [0.25, 0.3) is 0 Å². The summed E-state index contributed by atoms with van der Waals surface area (Å²) in [5.74, 6) is -0.276. The molecular formula is C9H17NO3. The zero-order valence-electron chi connectivity index (χ0n) is 8.32. The van der Waals surface area contributed by atoms with Crippen molar-refractivity contribution in [2.24, 2.45) is 5.92 Å². The van der Waals surface area contributed by atoms with Crippen LogP contribution in [-0.2, 0) is 4.79 Å². The van der Waals surface area contributed by atoms with Crippen LogP contribution in [0, 0.1) is 5.92 Å². The van der Waals surface area contributed by atoms with Gasteiger partial charge in [0.1, 0.15) is 5.76 Å². The lowest BCUT2D eigenvalue weighted by Gasteiger charge is -2.13. The van der Waals surface area contributed by atoms with E-state index in [-0.39, 0.29) is 30.7 Å². The molecule has 13 heavy (non-hydrogen) atoms. The highest BCUT2D eigenvalue weighted by Crippen LogP contribution is 2.05. The van der Waals surface area contributed by atoms with E-state index in [0.717, 1.165) is 0 Å². The van der Waals surface area contributed by atoms with Gasteiger partial charge in [0.25, 0.3) is 0 Å². The van der Waals surface area contributed by atoms with Crippen molar-refractivity contribution >= 4 is 5.91 Å². The van der Waals surface area contributed by atoms with Crippen molar-refractivity contribution in [2.75, 3.05) is 20.2 Å². The van der Waals surface area contributed by atoms with Gasteiger partial charge in [-0.1, -0.05) is 13.8 Å². The van der Waals surface area contributed by atoms with Crippen LogP contribution in [0.1, 0.15) is 13.8 Å². The zero-order valence-corrected chi connectivity index (χ0v) is 8.32. The predicted molar refractivity (Wildman–Crippen MR) is 50.3 cm³/mol. The van der Waals surface area contributed by atoms with Crippen LogP contribution in [0.4, 0.5) is 0 Å². The molecule has 0 aromatic rings. The molecule has 0 aliphatic carbocycles. The Morgan fingerprint density at radius 1 is 1.54 bits per heavy atom. The predicted octanol–water partition coefficient (Wildman–Crippen LogP) is 0.535. The van der Waals surface area contributed by atoms with Crippen LogP contribution >= 0.6 is 0 Å². The minimum atomic E-state index is -0.291. The number of hydrogen-bond acceptors (Lipinski definition) is 3. The second-order valence-corrected chi connectivity index (χ2v) is 3.21. The molecule has 0 rings (SSSR count). The number of carbonyl (C=O) groups excluding carboxylic acids is 1. The first-order chi connectivity index (χ1) is 5.99. The van der Waals surface area contributed by atoms with Crippen LogP contribution in [-0.4, -0.2) is 41.2 Å². The van der Waals surface area contributed by atoms with Gasteiger partial charge in [0, 0.05) is 25.6 Å². The van der Waals surface area contributed by atoms with Gasteiger partial charge in [-0.05, 0) is 0 Å². The third-order valence-electron chi connectivity index (χ3n) is 1.67. The molecule has 0 aromatic carbocycles. The average molecular weight is 187 g/mol. The Morgan fingerprint density at radius 2 is 2.08 bits per heavy atom. The molecule has 4 heteroatoms. The molecule has 0 fully saturated rings. The highest BCUT2D eigenvalue weighted by molar-refractivity contribution is 5.87. The number of amides is 1. The van der Waals surface area contributed by atoms with Crippen molar-refractivity contribution < 1.29 is 15.0 Å². The van der Waals surface area contributed by atoms with Crippen molar-refractivity contribution in [2.45, 2.75) is 13.8 Å². The van der Waals surface area contributed by atoms with Crippen molar-refractivity contribution in [3.63, 3.8) is 0 Å². The monoisotopic (exact) mass is 187 g/mol. The Balaban J connectivity index is 4.20. The normalized spacial score (nSPS) is 11.9. The maximum Gasteiger partial charge on any atom is 0.249 e. The van der Waals surface area contributed by atoms with E-state index in [2.05, 4.69) is 0 Å². The number of aliphatic hydroxyl groups is 2. The van der Waals surface area contributed by atoms with Crippen LogP contribution in [0.5, 0.6) is 0 Å². The lowest BCUT2D eigenvalue weighted by Crippen LogP contribution is -2.28. The number of hydrogen-bond donors (Lipinski definition) is 2. The summed E-state index contributed by atoms with van der Waals surface area (Å²) in [6, 6.07) is 0. The molecule has 4 nitrogen and oxygen atoms in total. The molecule has 0 unspecified atom stereocenters. The second kappa shape index (κ2) is 5.59. The molecule has 0 radical (unpaired) electrons. The molecule has 0 bridgehead atoms. The summed E-state index contributed by atoms with van der Waals surface area (Å²) in [6.07, 6.45) is 1.18. The van der Waals surface area contributed by atoms with Gasteiger partial charge in [-0.25, -0.2) is 0 Å². The third kappa shape index (κ3) is 4.52. The number of nitrogens with zero attached hydrogens (tertiary/aromatic N) is 1. The average Bonchev–Trinajstić information content (AvgIpc) is 2.04. The molecule has 0 aromatic heterocycles. The Bertz CT molecular complexity index is 199. The summed E-state index contributed by atoms with van der Waals surface area (Å²) in [5, 5.41) is 17.8. The SMILES string of the molecule is CC(C)/C(O)=C/C(=O)N(C)CCO. The Morgan fingerprint density at radius 3 is 2.46 bits per heavy atom. The maximum absolute atomic E-state index is 11.2. The molecule has 0 saturated heterocycles. The first-order valence-electron chi connectivity index (χ1n) is 4.25. The van der Waals surface area contributed by atoms with Gasteiger partial charge in [-0.3, -0.25) is 4.79 Å². The van der Waals surface area contributed by atoms with Gasteiger partial charge >= 0.3 is 0 Å². The van der Waals surface area contributed by atoms with E-state index in [1.807, 2.05) is 0 Å². The Labute approximate surface area is 78.5 Å². The number of rotatable bonds is 4. The van der Waals surface area contributed by atoms with Gasteiger partial charge in [0.15, 0.2) is 0 Å². The lowest BCUT2D eigenvalue weighted by atomic mass is 10.1. The van der Waals surface area contributed by atoms with E-state index in [1.165, 1.54) is 11.0 Å². The fourth-order valence-electron chi connectivity index (χ4n) is 0.664. The number of aliphatic hydroxyl groups excluding tert-OH is 2. The van der Waals surface area contributed by atoms with Crippen molar-refractivity contribution in [3.8, 4) is 0 Å². The van der Waals surface area contributed by atoms with E-state index in [9.17, 15) is 9.90 Å². The highest BCUT2D eigenvalue weighted by atomic mass is 16.3. The minimum Gasteiger partial charge on any atom is -0.512 e. The molecular weight excluding hydrogens is 170 g/mol. The molecule has 76 valence electrons. The molecule has 0 aliphatic rings. The summed E-state index contributed by atoms with van der Waals surface area (Å²) in [6.45, 7) is 3.80. The molecule has 2 N–H and O–H groups in total. The topological polar surface area (TPSA) is 60.8 Å². The lowest BCUT2D eigenvalue weighted by molar-refractivity contribution is -0.125. The number of likely N-dealkylation sites (N-methyl/N-ethyl adjacent to an activating group) is 1. The van der Waals surface area contributed by atoms with Crippen molar-refractivity contribution in [1.82, 2.24) is 4.90 Å². The number of carbonyl (C=O) groups is 1. The smallest absolute Gasteiger partial charge is 0.249 e. The van der Waals surface area contributed by atoms with Gasteiger partial charge < -0.3 is 15.1 Å². The van der Waals surface area contributed by atoms with E-state index >= 15 is 0 Å². The molecule has 0 aliphatic heterocycles. The quantitative estimate of drug-likeness (QED) is 0.498. The maximum atomic E-state index is 11.2. The third-order valence-corrected chi connectivity index (χ3v) is 1.67. The van der Waals surface area contributed by atoms with Gasteiger partial charge in [0.05, 0.1) is 6.61 Å². The van der Waals surface area contributed by atoms with Gasteiger partial charge in [0.2, 0.25) is 5.91 Å². The first-order valence-corrected chi connectivity index (χ1v) is 4.25. The van der Waals surface area contributed by atoms with Crippen LogP contribution in [0.3, 0.4) is 0 Å². The Hall–Kier alpha value is -1.03. The molecule has 0 spiro atoms. The van der Waals surface area contributed by atoms with Crippen molar-refractivity contribution in [3.05, 3.63) is 11.8 Å². The van der Waals surface area contributed by atoms with Crippen molar-refractivity contribution in [1.29, 1.82) is 0 Å². The standard InChI is InChI=1S/C9H17NO3/c1-7(2)8(12)6-9(13)10(3)4-5-11/h6-7,11-12H,4-5H2,1-3H3/b8-6-. The van der Waals surface area contributed by atoms with E-state index in [0.29, 0.717) is 0 Å². The zero-order chi connectivity index (χ0) is 10.4. The van der Waals surface area contributed by atoms with E-state index in [1.54, 1.807) is 20.9 Å². The minimum absolute atomic E-state index is 0.0496. The summed E-state index contributed by atoms with van der Waals surface area (Å²) < 4.78 is 0. The Kier molecular flexibility index (Phi) is 5.14. The summed E-state index contributed by atoms with van der Waals surface area (Å²) in [7, 11) is 1.57. The van der Waals surface area contributed by atoms with Crippen LogP contribution in [0.15, 0.2) is 11.8 Å². The van der Waals surface area contributed by atoms with Gasteiger partial charge in [-0.15, -0.1) is 0 Å². The second-order valence-electron chi connectivity index (χ2n) is 3.21. The van der Waals surface area contributed by atoms with Gasteiger partial charge in [-0.2, -0.15) is 0 Å². The molecule has 1 amide bonds. The first kappa shape index (κ1) is 12.0. The molecule has 0 saturated carbocycles. The highest BCUT2D eigenvalue weighted by Gasteiger charge is 2.07. The summed E-state index contributed by atoms with van der Waals surface area (Å²) in [4.78, 5) is 12.6. The molecule has 0 heterocycles. The number of allylic oxidation sites excluding steroid dienone is 1. The largest absolute Gasteiger partial charge is 0.512 e. The van der Waals surface area contributed by atoms with E-state index in [4.69, 9.17) is 5.11 Å². The fraction of sp³-hybridized carbons (Fsp3) is 0.667. The van der Waals surface area contributed by atoms with Crippen LogP contribution < -0.4 is 0 Å². The fourth-order valence-corrected chi connectivity index (χ4v) is 0.664. The van der Waals surface area contributed by atoms with Crippen LogP contribution in [0.2, 0.25) is 0 Å². The summed E-state index contributed by atoms with van der Waals surface area (Å²) in [5.41, 5.74) is 0.